The Bertz CT molecular complexity index is 1090. The maximum atomic E-state index is 13.9. The first-order chi connectivity index (χ1) is 15.6. The topological polar surface area (TPSA) is 120 Å². The van der Waals surface area contributed by atoms with Crippen molar-refractivity contribution in [2.24, 2.45) is 5.92 Å². The third kappa shape index (κ3) is 7.16. The highest BCUT2D eigenvalue weighted by Gasteiger charge is 2.31. The van der Waals surface area contributed by atoms with Crippen LogP contribution in [0.25, 0.3) is 0 Å². The van der Waals surface area contributed by atoms with Crippen molar-refractivity contribution in [2.75, 3.05) is 20.8 Å². The molecule has 0 bridgehead atoms. The molecule has 9 nitrogen and oxygen atoms in total. The van der Waals surface area contributed by atoms with Crippen molar-refractivity contribution in [1.82, 2.24) is 10.0 Å². The maximum Gasteiger partial charge on any atom is 0.324 e. The van der Waals surface area contributed by atoms with Crippen LogP contribution in [0.4, 0.5) is 4.39 Å². The number of benzene rings is 2. The summed E-state index contributed by atoms with van der Waals surface area (Å²) in [5.74, 6) is -1.97. The lowest BCUT2D eigenvalue weighted by atomic mass is 10.1. The van der Waals surface area contributed by atoms with E-state index in [1.807, 2.05) is 0 Å². The van der Waals surface area contributed by atoms with Gasteiger partial charge in [-0.3, -0.25) is 9.59 Å². The lowest BCUT2D eigenvalue weighted by molar-refractivity contribution is -0.151. The molecule has 0 aliphatic carbocycles. The van der Waals surface area contributed by atoms with Crippen LogP contribution in [0.1, 0.15) is 19.4 Å². The fourth-order valence-electron chi connectivity index (χ4n) is 2.82. The van der Waals surface area contributed by atoms with Gasteiger partial charge in [0, 0.05) is 6.54 Å². The number of ether oxygens (including phenoxy) is 3. The van der Waals surface area contributed by atoms with Gasteiger partial charge in [0.15, 0.2) is 18.1 Å². The Hall–Kier alpha value is -3.18. The zero-order chi connectivity index (χ0) is 24.6. The van der Waals surface area contributed by atoms with Crippen molar-refractivity contribution in [3.05, 3.63) is 53.8 Å². The van der Waals surface area contributed by atoms with Gasteiger partial charge >= 0.3 is 5.97 Å². The minimum atomic E-state index is -4.33. The summed E-state index contributed by atoms with van der Waals surface area (Å²) in [4.78, 5) is 24.0. The standard InChI is InChI=1S/C22H27FN2O7S/c1-14(2)21(25-33(28,29)19-8-6-5-7-16(19)23)22(27)32-13-20(26)24-12-15-9-10-17(30-3)18(11-15)31-4/h5-11,14,21,25H,12-13H2,1-4H3,(H,24,26)/t21-/m0/s1. The van der Waals surface area contributed by atoms with Crippen molar-refractivity contribution in [2.45, 2.75) is 31.3 Å². The van der Waals surface area contributed by atoms with Gasteiger partial charge < -0.3 is 19.5 Å². The normalized spacial score (nSPS) is 12.2. The van der Waals surface area contributed by atoms with E-state index in [9.17, 15) is 22.4 Å². The number of methoxy groups -OCH3 is 2. The minimum Gasteiger partial charge on any atom is -0.493 e. The van der Waals surface area contributed by atoms with Crippen molar-refractivity contribution < 1.29 is 36.6 Å². The van der Waals surface area contributed by atoms with E-state index in [-0.39, 0.29) is 6.54 Å². The second kappa shape index (κ2) is 11.6. The number of sulfonamides is 1. The summed E-state index contributed by atoms with van der Waals surface area (Å²) >= 11 is 0. The van der Waals surface area contributed by atoms with Crippen molar-refractivity contribution in [3.63, 3.8) is 0 Å². The summed E-state index contributed by atoms with van der Waals surface area (Å²) in [5.41, 5.74) is 0.727. The summed E-state index contributed by atoms with van der Waals surface area (Å²) in [7, 11) is -1.33. The number of carbonyl (C=O) groups excluding carboxylic acids is 2. The molecule has 0 unspecified atom stereocenters. The highest BCUT2D eigenvalue weighted by molar-refractivity contribution is 7.89. The van der Waals surface area contributed by atoms with Crippen LogP contribution in [0, 0.1) is 11.7 Å². The molecule has 0 radical (unpaired) electrons. The van der Waals surface area contributed by atoms with Crippen LogP contribution in [-0.4, -0.2) is 47.2 Å². The number of nitrogens with one attached hydrogen (secondary N) is 2. The summed E-state index contributed by atoms with van der Waals surface area (Å²) in [6, 6.07) is 8.61. The second-order valence-electron chi connectivity index (χ2n) is 7.35. The number of hydrogen-bond acceptors (Lipinski definition) is 7. The predicted molar refractivity (Wildman–Crippen MR) is 118 cm³/mol. The van der Waals surface area contributed by atoms with E-state index < -0.39 is 51.2 Å². The molecule has 0 heterocycles. The maximum absolute atomic E-state index is 13.9. The van der Waals surface area contributed by atoms with Gasteiger partial charge in [0.1, 0.15) is 16.8 Å². The van der Waals surface area contributed by atoms with Gasteiger partial charge in [-0.15, -0.1) is 0 Å². The molecule has 2 aromatic rings. The predicted octanol–water partition coefficient (Wildman–Crippen LogP) is 2.01. The fourth-order valence-corrected chi connectivity index (χ4v) is 4.23. The number of halogens is 1. The average molecular weight is 483 g/mol. The molecule has 33 heavy (non-hydrogen) atoms. The van der Waals surface area contributed by atoms with E-state index in [1.165, 1.54) is 26.4 Å². The second-order valence-corrected chi connectivity index (χ2v) is 9.03. The van der Waals surface area contributed by atoms with Crippen LogP contribution in [0.3, 0.4) is 0 Å². The number of rotatable bonds is 11. The number of esters is 1. The number of carbonyl (C=O) groups is 2. The van der Waals surface area contributed by atoms with Gasteiger partial charge in [0.05, 0.1) is 14.2 Å². The first kappa shape index (κ1) is 26.1. The third-order valence-electron chi connectivity index (χ3n) is 4.61. The molecule has 0 aliphatic heterocycles. The van der Waals surface area contributed by atoms with E-state index in [1.54, 1.807) is 32.0 Å². The molecule has 0 saturated heterocycles. The zero-order valence-corrected chi connectivity index (χ0v) is 19.6. The third-order valence-corrected chi connectivity index (χ3v) is 6.09. The van der Waals surface area contributed by atoms with Gasteiger partial charge in [0.2, 0.25) is 10.0 Å². The molecular weight excluding hydrogens is 455 g/mol. The van der Waals surface area contributed by atoms with Gasteiger partial charge in [-0.2, -0.15) is 4.72 Å². The van der Waals surface area contributed by atoms with E-state index in [0.29, 0.717) is 11.5 Å². The van der Waals surface area contributed by atoms with Crippen LogP contribution in [0.15, 0.2) is 47.4 Å². The molecular formula is C22H27FN2O7S. The molecule has 180 valence electrons. The molecule has 0 aromatic heterocycles. The Labute approximate surface area is 192 Å². The largest absolute Gasteiger partial charge is 0.493 e. The average Bonchev–Trinajstić information content (AvgIpc) is 2.79. The fraction of sp³-hybridized carbons (Fsp3) is 0.364. The monoisotopic (exact) mass is 482 g/mol. The van der Waals surface area contributed by atoms with E-state index in [2.05, 4.69) is 10.0 Å². The Kier molecular flexibility index (Phi) is 9.18. The van der Waals surface area contributed by atoms with Crippen LogP contribution in [0.2, 0.25) is 0 Å². The smallest absolute Gasteiger partial charge is 0.324 e. The molecule has 2 rings (SSSR count). The molecule has 0 fully saturated rings. The zero-order valence-electron chi connectivity index (χ0n) is 18.8. The number of amides is 1. The van der Waals surface area contributed by atoms with Crippen LogP contribution < -0.4 is 19.5 Å². The summed E-state index contributed by atoms with van der Waals surface area (Å²) in [5, 5.41) is 2.59. The summed E-state index contributed by atoms with van der Waals surface area (Å²) < 4.78 is 56.4. The molecule has 0 spiro atoms. The van der Waals surface area contributed by atoms with Crippen LogP contribution in [0.5, 0.6) is 11.5 Å². The van der Waals surface area contributed by atoms with Crippen molar-refractivity contribution >= 4 is 21.9 Å². The Morgan fingerprint density at radius 1 is 1.03 bits per heavy atom. The molecule has 2 N–H and O–H groups in total. The first-order valence-corrected chi connectivity index (χ1v) is 11.5. The Morgan fingerprint density at radius 2 is 1.70 bits per heavy atom. The van der Waals surface area contributed by atoms with Crippen molar-refractivity contribution in [3.8, 4) is 11.5 Å². The van der Waals surface area contributed by atoms with Gasteiger partial charge in [-0.05, 0) is 35.7 Å². The SMILES string of the molecule is COc1ccc(CNC(=O)COC(=O)[C@@H](NS(=O)(=O)c2ccccc2F)C(C)C)cc1OC. The molecule has 2 aromatic carbocycles. The first-order valence-electron chi connectivity index (χ1n) is 10.00. The molecule has 1 atom stereocenters. The van der Waals surface area contributed by atoms with Crippen molar-refractivity contribution in [1.29, 1.82) is 0 Å². The van der Waals surface area contributed by atoms with E-state index in [4.69, 9.17) is 14.2 Å². The molecule has 11 heteroatoms. The Morgan fingerprint density at radius 3 is 2.30 bits per heavy atom. The van der Waals surface area contributed by atoms with Crippen LogP contribution in [-0.2, 0) is 30.9 Å². The Balaban J connectivity index is 1.95. The highest BCUT2D eigenvalue weighted by atomic mass is 32.2. The summed E-state index contributed by atoms with van der Waals surface area (Å²) in [6.07, 6.45) is 0. The van der Waals surface area contributed by atoms with E-state index >= 15 is 0 Å². The van der Waals surface area contributed by atoms with E-state index in [0.717, 1.165) is 17.7 Å². The molecule has 0 saturated carbocycles. The van der Waals surface area contributed by atoms with Gasteiger partial charge in [-0.25, -0.2) is 12.8 Å². The lowest BCUT2D eigenvalue weighted by Gasteiger charge is -2.21. The number of hydrogen-bond donors (Lipinski definition) is 2. The minimum absolute atomic E-state index is 0.143. The summed E-state index contributed by atoms with van der Waals surface area (Å²) in [6.45, 7) is 2.71. The molecule has 1 amide bonds. The quantitative estimate of drug-likeness (QED) is 0.470. The van der Waals surface area contributed by atoms with Crippen LogP contribution >= 0.6 is 0 Å². The van der Waals surface area contributed by atoms with Gasteiger partial charge in [0.25, 0.3) is 5.91 Å². The highest BCUT2D eigenvalue weighted by Crippen LogP contribution is 2.27. The molecule has 0 aliphatic rings. The van der Waals surface area contributed by atoms with Gasteiger partial charge in [-0.1, -0.05) is 32.0 Å². The lowest BCUT2D eigenvalue weighted by Crippen LogP contribution is -2.46.